The van der Waals surface area contributed by atoms with Gasteiger partial charge in [-0.15, -0.1) is 6.58 Å². The molecule has 0 radical (unpaired) electrons. The van der Waals surface area contributed by atoms with Gasteiger partial charge in [0.05, 0.1) is 22.7 Å². The van der Waals surface area contributed by atoms with Crippen LogP contribution in [0.2, 0.25) is 0 Å². The first-order valence-corrected chi connectivity index (χ1v) is 21.6. The summed E-state index contributed by atoms with van der Waals surface area (Å²) in [5, 5.41) is 5.49. The van der Waals surface area contributed by atoms with E-state index in [1.807, 2.05) is 12.2 Å². The van der Waals surface area contributed by atoms with E-state index in [0.717, 1.165) is 38.5 Å². The van der Waals surface area contributed by atoms with Crippen LogP contribution in [0.5, 0.6) is 6.01 Å². The highest BCUT2D eigenvalue weighted by Gasteiger charge is 2.62. The van der Waals surface area contributed by atoms with Crippen LogP contribution < -0.4 is 25.7 Å². The second kappa shape index (κ2) is 15.3. The SMILES string of the molecule is C=C[C@@H]1C[C@]1(NC(=O)[C@@H]1C[C@@H]2CN1C(=O)[C@H](C1CCCC1)NC(=O)O[C@@H]1CCC[C@H]1CCC=CCn1c(nc3ccccc3c1=O)O2)C(=O)NS(=O)(=O)C1CC1. The zero-order valence-corrected chi connectivity index (χ0v) is 32.2. The first-order valence-electron chi connectivity index (χ1n) is 20.1. The monoisotopic (exact) mass is 790 g/mol. The minimum Gasteiger partial charge on any atom is -0.459 e. The summed E-state index contributed by atoms with van der Waals surface area (Å²) in [7, 11) is -3.92. The number of aromatic nitrogens is 2. The molecule has 2 bridgehead atoms. The Morgan fingerprint density at radius 1 is 0.964 bits per heavy atom. The number of hydrogen-bond acceptors (Lipinski definition) is 10. The molecule has 56 heavy (non-hydrogen) atoms. The van der Waals surface area contributed by atoms with Crippen LogP contribution in [-0.2, 0) is 35.7 Å². The number of nitrogens with one attached hydrogen (secondary N) is 3. The van der Waals surface area contributed by atoms with E-state index >= 15 is 0 Å². The number of rotatable bonds is 7. The number of nitrogens with zero attached hydrogens (tertiary/aromatic N) is 3. The van der Waals surface area contributed by atoms with E-state index in [9.17, 15) is 32.4 Å². The van der Waals surface area contributed by atoms with Gasteiger partial charge in [0, 0.05) is 18.9 Å². The molecule has 16 heteroatoms. The molecular formula is C40H50N6O9S. The van der Waals surface area contributed by atoms with Crippen molar-refractivity contribution < 1.29 is 37.1 Å². The average molecular weight is 791 g/mol. The number of sulfonamides is 1. The predicted octanol–water partition coefficient (Wildman–Crippen LogP) is 3.22. The normalized spacial score (nSPS) is 31.2. The minimum absolute atomic E-state index is 0.0292. The van der Waals surface area contributed by atoms with Gasteiger partial charge in [0.15, 0.2) is 0 Å². The Bertz CT molecular complexity index is 2110. The Morgan fingerprint density at radius 2 is 1.73 bits per heavy atom. The van der Waals surface area contributed by atoms with Crippen LogP contribution in [0.25, 0.3) is 10.9 Å². The van der Waals surface area contributed by atoms with Crippen LogP contribution >= 0.6 is 0 Å². The van der Waals surface area contributed by atoms with Crippen molar-refractivity contribution in [3.05, 3.63) is 59.4 Å². The van der Waals surface area contributed by atoms with Crippen molar-refractivity contribution in [1.82, 2.24) is 29.8 Å². The third kappa shape index (κ3) is 7.55. The maximum absolute atomic E-state index is 14.8. The van der Waals surface area contributed by atoms with E-state index in [0.29, 0.717) is 43.0 Å². The average Bonchev–Trinajstić information content (AvgIpc) is 3.96. The third-order valence-electron chi connectivity index (χ3n) is 12.6. The Labute approximate surface area is 325 Å². The molecule has 4 amide bonds. The van der Waals surface area contributed by atoms with Gasteiger partial charge in [-0.1, -0.05) is 43.2 Å². The molecule has 1 aromatic carbocycles. The predicted molar refractivity (Wildman–Crippen MR) is 205 cm³/mol. The Balaban J connectivity index is 1.14. The number of amides is 4. The molecule has 0 spiro atoms. The van der Waals surface area contributed by atoms with Gasteiger partial charge in [-0.05, 0) is 88.2 Å². The lowest BCUT2D eigenvalue weighted by Gasteiger charge is -2.32. The molecule has 5 fully saturated rings. The molecule has 1 aromatic heterocycles. The molecule has 2 aromatic rings. The van der Waals surface area contributed by atoms with Crippen molar-refractivity contribution in [3.63, 3.8) is 0 Å². The molecular weight excluding hydrogens is 741 g/mol. The van der Waals surface area contributed by atoms with E-state index < -0.39 is 68.7 Å². The summed E-state index contributed by atoms with van der Waals surface area (Å²) in [4.78, 5) is 76.4. The zero-order valence-electron chi connectivity index (χ0n) is 31.4. The first-order chi connectivity index (χ1) is 27.0. The van der Waals surface area contributed by atoms with Gasteiger partial charge in [0.25, 0.3) is 17.5 Å². The summed E-state index contributed by atoms with van der Waals surface area (Å²) in [5.74, 6) is -2.59. The van der Waals surface area contributed by atoms with Crippen molar-refractivity contribution in [2.24, 2.45) is 17.8 Å². The standard InChI is InChI=1S/C40H50N6O9S/c1-2-26-22-40(26,37(50)44-56(52,53)28-18-19-28)43-34(47)31-21-27-23-46(31)36(49)33(25-12-5-6-13-25)42-39(51)55-32-17-10-14-24(32)11-4-3-9-20-45-35(48)29-15-7-8-16-30(29)41-38(45)54-27/h2-3,7-9,15-16,24-28,31-33H,1,4-6,10-14,17-23H2,(H,42,51)(H,43,47)(H,44,50)/t24-,26-,27-,31+,32-,33+,40-/m1/s1. The van der Waals surface area contributed by atoms with Crippen LogP contribution in [-0.4, -0.2) is 88.3 Å². The summed E-state index contributed by atoms with van der Waals surface area (Å²) in [6.07, 6.45) is 11.9. The lowest BCUT2D eigenvalue weighted by molar-refractivity contribution is -0.142. The quantitative estimate of drug-likeness (QED) is 0.351. The molecule has 15 nitrogen and oxygen atoms in total. The number of fused-ring (bicyclic) bond motifs is 5. The molecule has 8 rings (SSSR count). The van der Waals surface area contributed by atoms with Crippen molar-refractivity contribution >= 4 is 44.7 Å². The highest BCUT2D eigenvalue weighted by Crippen LogP contribution is 2.45. The largest absolute Gasteiger partial charge is 0.459 e. The number of benzene rings is 1. The van der Waals surface area contributed by atoms with Gasteiger partial charge in [-0.25, -0.2) is 13.2 Å². The van der Waals surface area contributed by atoms with Gasteiger partial charge in [0.2, 0.25) is 21.8 Å². The maximum atomic E-state index is 14.8. The third-order valence-corrected chi connectivity index (χ3v) is 14.4. The van der Waals surface area contributed by atoms with Crippen LogP contribution in [0.4, 0.5) is 4.79 Å². The fourth-order valence-electron chi connectivity index (χ4n) is 9.19. The smallest absolute Gasteiger partial charge is 0.408 e. The number of carbonyl (C=O) groups is 4. The number of hydrogen-bond donors (Lipinski definition) is 3. The number of para-hydroxylation sites is 1. The van der Waals surface area contributed by atoms with Gasteiger partial charge >= 0.3 is 6.09 Å². The second-order valence-corrected chi connectivity index (χ2v) is 18.3. The van der Waals surface area contributed by atoms with E-state index in [2.05, 4.69) is 21.9 Å². The molecule has 4 saturated carbocycles. The van der Waals surface area contributed by atoms with Crippen LogP contribution in [0.3, 0.4) is 0 Å². The highest BCUT2D eigenvalue weighted by molar-refractivity contribution is 7.91. The molecule has 4 aliphatic carbocycles. The maximum Gasteiger partial charge on any atom is 0.408 e. The minimum atomic E-state index is -3.92. The first kappa shape index (κ1) is 38.2. The van der Waals surface area contributed by atoms with Crippen LogP contribution in [0, 0.1) is 17.8 Å². The molecule has 300 valence electrons. The number of ether oxygens (including phenoxy) is 2. The Morgan fingerprint density at radius 3 is 2.48 bits per heavy atom. The van der Waals surface area contributed by atoms with E-state index in [1.165, 1.54) is 15.5 Å². The van der Waals surface area contributed by atoms with E-state index in [1.54, 1.807) is 24.3 Å². The summed E-state index contributed by atoms with van der Waals surface area (Å²) in [6.45, 7) is 3.88. The highest BCUT2D eigenvalue weighted by atomic mass is 32.2. The molecule has 1 saturated heterocycles. The molecule has 0 unspecified atom stereocenters. The summed E-state index contributed by atoms with van der Waals surface area (Å²) >= 11 is 0. The lowest BCUT2D eigenvalue weighted by Crippen LogP contribution is -2.59. The summed E-state index contributed by atoms with van der Waals surface area (Å²) in [6, 6.07) is 4.85. The van der Waals surface area contributed by atoms with Crippen molar-refractivity contribution in [1.29, 1.82) is 0 Å². The molecule has 7 atom stereocenters. The van der Waals surface area contributed by atoms with Crippen LogP contribution in [0.1, 0.15) is 83.5 Å². The molecule has 3 heterocycles. The van der Waals surface area contributed by atoms with Gasteiger partial charge in [0.1, 0.15) is 29.8 Å². The van der Waals surface area contributed by atoms with Crippen molar-refractivity contribution in [2.75, 3.05) is 6.54 Å². The van der Waals surface area contributed by atoms with E-state index in [4.69, 9.17) is 14.5 Å². The van der Waals surface area contributed by atoms with Crippen molar-refractivity contribution in [3.8, 4) is 6.01 Å². The van der Waals surface area contributed by atoms with Gasteiger partial charge < -0.3 is 25.0 Å². The number of carbonyl (C=O) groups excluding carboxylic acids is 4. The number of allylic oxidation sites excluding steroid dienone is 2. The fourth-order valence-corrected chi connectivity index (χ4v) is 10.6. The topological polar surface area (TPSA) is 195 Å². The second-order valence-electron chi connectivity index (χ2n) is 16.3. The lowest BCUT2D eigenvalue weighted by atomic mass is 9.96. The zero-order chi connectivity index (χ0) is 39.2. The molecule has 2 aliphatic heterocycles. The Hall–Kier alpha value is -4.73. The fraction of sp³-hybridized carbons (Fsp3) is 0.600. The molecule has 3 N–H and O–H groups in total. The Kier molecular flexibility index (Phi) is 10.4. The summed E-state index contributed by atoms with van der Waals surface area (Å²) in [5.41, 5.74) is -1.43. The van der Waals surface area contributed by atoms with Gasteiger partial charge in [-0.3, -0.25) is 28.5 Å². The number of alkyl carbamates (subject to hydrolysis) is 1. The summed E-state index contributed by atoms with van der Waals surface area (Å²) < 4.78 is 41.6. The van der Waals surface area contributed by atoms with E-state index in [-0.39, 0.29) is 55.4 Å². The van der Waals surface area contributed by atoms with Crippen LogP contribution in [0.15, 0.2) is 53.9 Å². The van der Waals surface area contributed by atoms with Gasteiger partial charge in [-0.2, -0.15) is 4.98 Å². The van der Waals surface area contributed by atoms with Crippen molar-refractivity contribution in [2.45, 2.75) is 125 Å². The molecule has 6 aliphatic rings.